The minimum atomic E-state index is -0.00959. The Kier molecular flexibility index (Phi) is 4.94. The molecule has 7 nitrogen and oxygen atoms in total. The number of rotatable bonds is 4. The Morgan fingerprint density at radius 1 is 1.30 bits per heavy atom. The van der Waals surface area contributed by atoms with Crippen LogP contribution in [0.4, 0.5) is 5.82 Å². The van der Waals surface area contributed by atoms with Crippen LogP contribution >= 0.6 is 11.6 Å². The van der Waals surface area contributed by atoms with Crippen molar-refractivity contribution in [2.24, 2.45) is 5.92 Å². The quantitative estimate of drug-likeness (QED) is 0.742. The Hall–Kier alpha value is -2.67. The minimum absolute atomic E-state index is 0.00959. The first-order valence-electron chi connectivity index (χ1n) is 8.96. The number of benzene rings is 1. The Bertz CT molecular complexity index is 966. The maximum Gasteiger partial charge on any atom is 0.263 e. The van der Waals surface area contributed by atoms with E-state index in [1.54, 1.807) is 0 Å². The monoisotopic (exact) mass is 385 g/mol. The highest BCUT2D eigenvalue weighted by molar-refractivity contribution is 6.31. The number of halogens is 1. The number of fused-ring (bicyclic) bond motifs is 1. The summed E-state index contributed by atoms with van der Waals surface area (Å²) in [6, 6.07) is 7.55. The predicted molar refractivity (Wildman–Crippen MR) is 103 cm³/mol. The third-order valence-electron chi connectivity index (χ3n) is 5.00. The summed E-state index contributed by atoms with van der Waals surface area (Å²) in [5.41, 5.74) is 2.20. The van der Waals surface area contributed by atoms with Crippen LogP contribution in [0.2, 0.25) is 5.02 Å². The number of nitrogens with zero attached hydrogens (tertiary/aromatic N) is 4. The fourth-order valence-corrected chi connectivity index (χ4v) is 3.67. The molecule has 3 aromatic rings. The number of carbonyl (C=O) groups excluding carboxylic acids is 1. The van der Waals surface area contributed by atoms with Crippen molar-refractivity contribution in [1.29, 1.82) is 0 Å². The Morgan fingerprint density at radius 2 is 2.07 bits per heavy atom. The summed E-state index contributed by atoms with van der Waals surface area (Å²) in [5, 5.41) is 8.50. The standard InChI is InChI=1S/C19H20ClN5O2/c1-12-16-17(22-11-23-19(16)27-24-12)25-8-6-13(7-9-25)18(26)21-10-14-4-2-3-5-15(14)20/h2-5,11,13H,6-10H2,1H3,(H,21,26). The smallest absolute Gasteiger partial charge is 0.263 e. The zero-order valence-corrected chi connectivity index (χ0v) is 15.7. The average Bonchev–Trinajstić information content (AvgIpc) is 3.08. The first-order valence-corrected chi connectivity index (χ1v) is 9.34. The number of hydrogen-bond donors (Lipinski definition) is 1. The highest BCUT2D eigenvalue weighted by Crippen LogP contribution is 2.29. The molecule has 0 saturated carbocycles. The van der Waals surface area contributed by atoms with Crippen molar-refractivity contribution in [3.63, 3.8) is 0 Å². The van der Waals surface area contributed by atoms with E-state index in [1.165, 1.54) is 6.33 Å². The molecule has 1 N–H and O–H groups in total. The molecule has 0 atom stereocenters. The Balaban J connectivity index is 1.38. The zero-order valence-electron chi connectivity index (χ0n) is 15.0. The van der Waals surface area contributed by atoms with Crippen molar-refractivity contribution >= 4 is 34.4 Å². The summed E-state index contributed by atoms with van der Waals surface area (Å²) < 4.78 is 5.22. The predicted octanol–water partition coefficient (Wildman–Crippen LogP) is 3.11. The van der Waals surface area contributed by atoms with E-state index in [2.05, 4.69) is 25.3 Å². The van der Waals surface area contributed by atoms with Crippen LogP contribution in [0.5, 0.6) is 0 Å². The van der Waals surface area contributed by atoms with Crippen molar-refractivity contribution in [3.05, 3.63) is 46.9 Å². The van der Waals surface area contributed by atoms with E-state index in [0.29, 0.717) is 17.3 Å². The van der Waals surface area contributed by atoms with Gasteiger partial charge in [0.2, 0.25) is 5.91 Å². The van der Waals surface area contributed by atoms with Crippen LogP contribution in [-0.2, 0) is 11.3 Å². The van der Waals surface area contributed by atoms with E-state index in [4.69, 9.17) is 16.1 Å². The molecule has 1 fully saturated rings. The van der Waals surface area contributed by atoms with Crippen LogP contribution in [0, 0.1) is 12.8 Å². The minimum Gasteiger partial charge on any atom is -0.356 e. The molecule has 1 amide bonds. The number of anilines is 1. The lowest BCUT2D eigenvalue weighted by atomic mass is 9.95. The molecule has 140 valence electrons. The van der Waals surface area contributed by atoms with Crippen molar-refractivity contribution in [3.8, 4) is 0 Å². The van der Waals surface area contributed by atoms with E-state index >= 15 is 0 Å². The second-order valence-corrected chi connectivity index (χ2v) is 7.12. The Labute approximate surface area is 161 Å². The van der Waals surface area contributed by atoms with Gasteiger partial charge in [-0.15, -0.1) is 0 Å². The molecular weight excluding hydrogens is 366 g/mol. The van der Waals surface area contributed by atoms with Gasteiger partial charge in [-0.25, -0.2) is 4.98 Å². The second-order valence-electron chi connectivity index (χ2n) is 6.72. The largest absolute Gasteiger partial charge is 0.356 e. The van der Waals surface area contributed by atoms with Crippen LogP contribution < -0.4 is 10.2 Å². The van der Waals surface area contributed by atoms with Crippen LogP contribution in [0.15, 0.2) is 35.1 Å². The van der Waals surface area contributed by atoms with Crippen LogP contribution in [0.25, 0.3) is 11.1 Å². The van der Waals surface area contributed by atoms with Crippen LogP contribution in [0.3, 0.4) is 0 Å². The molecule has 0 radical (unpaired) electrons. The molecule has 1 aromatic carbocycles. The molecule has 1 aliphatic rings. The van der Waals surface area contributed by atoms with Gasteiger partial charge in [-0.05, 0) is 31.4 Å². The Morgan fingerprint density at radius 3 is 2.85 bits per heavy atom. The van der Waals surface area contributed by atoms with Crippen molar-refractivity contribution in [1.82, 2.24) is 20.4 Å². The van der Waals surface area contributed by atoms with E-state index < -0.39 is 0 Å². The molecule has 0 aliphatic carbocycles. The summed E-state index contributed by atoms with van der Waals surface area (Å²) in [6.07, 6.45) is 3.03. The van der Waals surface area contributed by atoms with E-state index in [1.807, 2.05) is 31.2 Å². The number of nitrogens with one attached hydrogen (secondary N) is 1. The maximum atomic E-state index is 12.5. The first kappa shape index (κ1) is 17.7. The van der Waals surface area contributed by atoms with E-state index in [-0.39, 0.29) is 11.8 Å². The van der Waals surface area contributed by atoms with Gasteiger partial charge in [-0.3, -0.25) is 4.79 Å². The van der Waals surface area contributed by atoms with Gasteiger partial charge in [0.15, 0.2) is 0 Å². The van der Waals surface area contributed by atoms with Crippen LogP contribution in [-0.4, -0.2) is 34.1 Å². The summed E-state index contributed by atoms with van der Waals surface area (Å²) in [5.74, 6) is 0.891. The van der Waals surface area contributed by atoms with Gasteiger partial charge in [-0.2, -0.15) is 4.98 Å². The number of amides is 1. The zero-order chi connectivity index (χ0) is 18.8. The summed E-state index contributed by atoms with van der Waals surface area (Å²) in [4.78, 5) is 23.2. The fourth-order valence-electron chi connectivity index (χ4n) is 3.47. The average molecular weight is 386 g/mol. The molecule has 1 aliphatic heterocycles. The highest BCUT2D eigenvalue weighted by atomic mass is 35.5. The number of aromatic nitrogens is 3. The molecule has 4 rings (SSSR count). The third kappa shape index (κ3) is 3.60. The molecule has 1 saturated heterocycles. The van der Waals surface area contributed by atoms with Gasteiger partial charge in [0.25, 0.3) is 5.71 Å². The summed E-state index contributed by atoms with van der Waals surface area (Å²) in [7, 11) is 0. The lowest BCUT2D eigenvalue weighted by molar-refractivity contribution is -0.125. The lowest BCUT2D eigenvalue weighted by Gasteiger charge is -2.32. The molecule has 0 unspecified atom stereocenters. The van der Waals surface area contributed by atoms with Crippen LogP contribution in [0.1, 0.15) is 24.1 Å². The first-order chi connectivity index (χ1) is 13.1. The molecule has 0 spiro atoms. The fraction of sp³-hybridized carbons (Fsp3) is 0.368. The maximum absolute atomic E-state index is 12.5. The van der Waals surface area contributed by atoms with Gasteiger partial charge in [0.1, 0.15) is 17.5 Å². The molecule has 2 aromatic heterocycles. The van der Waals surface area contributed by atoms with E-state index in [9.17, 15) is 4.79 Å². The van der Waals surface area contributed by atoms with Crippen molar-refractivity contribution in [2.45, 2.75) is 26.3 Å². The molecular formula is C19H20ClN5O2. The summed E-state index contributed by atoms with van der Waals surface area (Å²) in [6.45, 7) is 3.83. The summed E-state index contributed by atoms with van der Waals surface area (Å²) >= 11 is 6.15. The topological polar surface area (TPSA) is 84.2 Å². The number of hydrogen-bond acceptors (Lipinski definition) is 6. The van der Waals surface area contributed by atoms with Gasteiger partial charge >= 0.3 is 0 Å². The normalized spacial score (nSPS) is 15.3. The molecule has 27 heavy (non-hydrogen) atoms. The number of piperidine rings is 1. The molecule has 0 bridgehead atoms. The number of aryl methyl sites for hydroxylation is 1. The highest BCUT2D eigenvalue weighted by Gasteiger charge is 2.27. The lowest BCUT2D eigenvalue weighted by Crippen LogP contribution is -2.40. The SMILES string of the molecule is Cc1noc2ncnc(N3CCC(C(=O)NCc4ccccc4Cl)CC3)c12. The van der Waals surface area contributed by atoms with Gasteiger partial charge in [0.05, 0.1) is 5.69 Å². The van der Waals surface area contributed by atoms with Gasteiger partial charge in [-0.1, -0.05) is 35.0 Å². The third-order valence-corrected chi connectivity index (χ3v) is 5.37. The molecule has 3 heterocycles. The van der Waals surface area contributed by atoms with E-state index in [0.717, 1.165) is 48.4 Å². The molecule has 8 heteroatoms. The number of carbonyl (C=O) groups is 1. The van der Waals surface area contributed by atoms with Gasteiger partial charge < -0.3 is 14.7 Å². The second kappa shape index (κ2) is 7.52. The van der Waals surface area contributed by atoms with Crippen molar-refractivity contribution < 1.29 is 9.32 Å². The van der Waals surface area contributed by atoms with Crippen molar-refractivity contribution in [2.75, 3.05) is 18.0 Å². The van der Waals surface area contributed by atoms with Gasteiger partial charge in [0, 0.05) is 30.6 Å².